The predicted octanol–water partition coefficient (Wildman–Crippen LogP) is 1.70. The van der Waals surface area contributed by atoms with Crippen molar-refractivity contribution >= 4 is 5.91 Å². The molecule has 0 aromatic heterocycles. The Bertz CT molecular complexity index is 368. The Kier molecular flexibility index (Phi) is 3.70. The smallest absolute Gasteiger partial charge is 0.220 e. The number of carbonyl (C=O) groups is 1. The maximum absolute atomic E-state index is 12.4. The molecule has 1 heterocycles. The fourth-order valence-corrected chi connectivity index (χ4v) is 5.90. The van der Waals surface area contributed by atoms with Crippen LogP contribution in [0.3, 0.4) is 0 Å². The summed E-state index contributed by atoms with van der Waals surface area (Å²) in [6.45, 7) is 3.12. The van der Waals surface area contributed by atoms with Crippen molar-refractivity contribution in [3.05, 3.63) is 0 Å². The van der Waals surface area contributed by atoms with E-state index in [1.54, 1.807) is 0 Å². The van der Waals surface area contributed by atoms with E-state index < -0.39 is 0 Å². The van der Waals surface area contributed by atoms with Crippen molar-refractivity contribution in [3.8, 4) is 0 Å². The summed E-state index contributed by atoms with van der Waals surface area (Å²) in [5.41, 5.74) is 0.356. The average molecular weight is 292 g/mol. The van der Waals surface area contributed by atoms with Crippen LogP contribution >= 0.6 is 0 Å². The molecule has 1 atom stereocenters. The summed E-state index contributed by atoms with van der Waals surface area (Å²) in [5.74, 6) is 3.05. The zero-order valence-electron chi connectivity index (χ0n) is 12.9. The molecule has 0 aromatic carbocycles. The molecule has 4 aliphatic carbocycles. The first-order chi connectivity index (χ1) is 10.2. The highest BCUT2D eigenvalue weighted by atomic mass is 16.5. The molecular formula is C17H28N2O2. The highest BCUT2D eigenvalue weighted by Crippen LogP contribution is 2.61. The molecule has 0 aromatic rings. The highest BCUT2D eigenvalue weighted by molar-refractivity contribution is 5.76. The van der Waals surface area contributed by atoms with Crippen molar-refractivity contribution in [1.82, 2.24) is 10.6 Å². The molecule has 1 aliphatic heterocycles. The number of nitrogens with one attached hydrogen (secondary N) is 2. The number of amides is 1. The Morgan fingerprint density at radius 1 is 1.14 bits per heavy atom. The molecule has 4 bridgehead atoms. The summed E-state index contributed by atoms with van der Waals surface area (Å²) in [4.78, 5) is 12.4. The van der Waals surface area contributed by atoms with Crippen LogP contribution < -0.4 is 10.6 Å². The lowest BCUT2D eigenvalue weighted by atomic mass is 9.49. The second kappa shape index (κ2) is 5.54. The van der Waals surface area contributed by atoms with Crippen LogP contribution in [0.1, 0.15) is 44.9 Å². The lowest BCUT2D eigenvalue weighted by Gasteiger charge is -2.56. The van der Waals surface area contributed by atoms with Crippen LogP contribution in [0.5, 0.6) is 0 Å². The molecule has 2 N–H and O–H groups in total. The van der Waals surface area contributed by atoms with Crippen LogP contribution in [-0.4, -0.2) is 38.3 Å². The summed E-state index contributed by atoms with van der Waals surface area (Å²) >= 11 is 0. The van der Waals surface area contributed by atoms with E-state index in [1.165, 1.54) is 38.5 Å². The summed E-state index contributed by atoms with van der Waals surface area (Å²) in [7, 11) is 0. The van der Waals surface area contributed by atoms with Gasteiger partial charge in [0.05, 0.1) is 13.2 Å². The van der Waals surface area contributed by atoms with Crippen LogP contribution in [0.4, 0.5) is 0 Å². The number of morpholine rings is 1. The van der Waals surface area contributed by atoms with Gasteiger partial charge in [-0.05, 0) is 61.7 Å². The lowest BCUT2D eigenvalue weighted by molar-refractivity contribution is -0.129. The zero-order chi connectivity index (χ0) is 14.3. The fraction of sp³-hybridized carbons (Fsp3) is 0.941. The molecule has 118 valence electrons. The molecule has 5 aliphatic rings. The van der Waals surface area contributed by atoms with E-state index in [0.29, 0.717) is 18.0 Å². The summed E-state index contributed by atoms with van der Waals surface area (Å²) in [6, 6.07) is 0.291. The van der Waals surface area contributed by atoms with Crippen molar-refractivity contribution < 1.29 is 9.53 Å². The molecule has 21 heavy (non-hydrogen) atoms. The molecule has 0 spiro atoms. The van der Waals surface area contributed by atoms with Crippen LogP contribution in [0, 0.1) is 23.2 Å². The van der Waals surface area contributed by atoms with Crippen molar-refractivity contribution in [3.63, 3.8) is 0 Å². The molecule has 4 heteroatoms. The van der Waals surface area contributed by atoms with Gasteiger partial charge in [-0.25, -0.2) is 0 Å². The fourth-order valence-electron chi connectivity index (χ4n) is 5.90. The van der Waals surface area contributed by atoms with Gasteiger partial charge in [-0.3, -0.25) is 4.79 Å². The number of rotatable bonds is 4. The highest BCUT2D eigenvalue weighted by Gasteiger charge is 2.51. The van der Waals surface area contributed by atoms with Gasteiger partial charge in [0.2, 0.25) is 5.91 Å². The van der Waals surface area contributed by atoms with Crippen LogP contribution in [-0.2, 0) is 9.53 Å². The molecule has 0 radical (unpaired) electrons. The van der Waals surface area contributed by atoms with Gasteiger partial charge >= 0.3 is 0 Å². The second-order valence-electron chi connectivity index (χ2n) is 8.12. The van der Waals surface area contributed by atoms with Gasteiger partial charge in [0.1, 0.15) is 0 Å². The number of hydrogen-bond donors (Lipinski definition) is 2. The van der Waals surface area contributed by atoms with E-state index in [9.17, 15) is 4.79 Å². The quantitative estimate of drug-likeness (QED) is 0.829. The first-order valence-corrected chi connectivity index (χ1v) is 8.79. The molecule has 1 unspecified atom stereocenters. The van der Waals surface area contributed by atoms with Gasteiger partial charge in [-0.15, -0.1) is 0 Å². The Morgan fingerprint density at radius 3 is 2.38 bits per heavy atom. The molecule has 5 fully saturated rings. The van der Waals surface area contributed by atoms with Gasteiger partial charge in [0.25, 0.3) is 0 Å². The number of carbonyl (C=O) groups excluding carboxylic acids is 1. The largest absolute Gasteiger partial charge is 0.378 e. The molecule has 4 saturated carbocycles. The third kappa shape index (κ3) is 2.98. The maximum atomic E-state index is 12.4. The van der Waals surface area contributed by atoms with Crippen molar-refractivity contribution in [2.75, 3.05) is 26.3 Å². The normalized spacial score (nSPS) is 44.8. The molecule has 1 amide bonds. The first-order valence-electron chi connectivity index (χ1n) is 8.79. The summed E-state index contributed by atoms with van der Waals surface area (Å²) < 4.78 is 5.43. The summed E-state index contributed by atoms with van der Waals surface area (Å²) in [5, 5.41) is 6.54. The van der Waals surface area contributed by atoms with Crippen molar-refractivity contribution in [2.24, 2.45) is 23.2 Å². The maximum Gasteiger partial charge on any atom is 0.220 e. The van der Waals surface area contributed by atoms with Gasteiger partial charge in [0, 0.05) is 25.6 Å². The standard InChI is InChI=1S/C17H28N2O2/c20-16(19-10-15-11-21-2-1-18-15)9-17-6-12-3-13(7-17)5-14(4-12)8-17/h12-15,18H,1-11H2,(H,19,20). The molecule has 4 nitrogen and oxygen atoms in total. The van der Waals surface area contributed by atoms with Crippen LogP contribution in [0.25, 0.3) is 0 Å². The van der Waals surface area contributed by atoms with E-state index in [2.05, 4.69) is 10.6 Å². The monoisotopic (exact) mass is 292 g/mol. The van der Waals surface area contributed by atoms with E-state index >= 15 is 0 Å². The number of hydrogen-bond acceptors (Lipinski definition) is 3. The SMILES string of the molecule is O=C(CC12CC3CC(CC(C3)C1)C2)NCC1COCCN1. The van der Waals surface area contributed by atoms with Gasteiger partial charge < -0.3 is 15.4 Å². The van der Waals surface area contributed by atoms with E-state index in [-0.39, 0.29) is 5.91 Å². The van der Waals surface area contributed by atoms with Crippen LogP contribution in [0.15, 0.2) is 0 Å². The first kappa shape index (κ1) is 14.0. The minimum atomic E-state index is 0.268. The van der Waals surface area contributed by atoms with E-state index in [0.717, 1.165) is 43.9 Å². The lowest BCUT2D eigenvalue weighted by Crippen LogP contribution is -2.50. The van der Waals surface area contributed by atoms with Crippen LogP contribution in [0.2, 0.25) is 0 Å². The molecular weight excluding hydrogens is 264 g/mol. The van der Waals surface area contributed by atoms with Gasteiger partial charge in [-0.2, -0.15) is 0 Å². The average Bonchev–Trinajstić information content (AvgIpc) is 2.44. The zero-order valence-corrected chi connectivity index (χ0v) is 12.9. The Balaban J connectivity index is 1.30. The van der Waals surface area contributed by atoms with E-state index in [1.807, 2.05) is 0 Å². The predicted molar refractivity (Wildman–Crippen MR) is 80.8 cm³/mol. The minimum absolute atomic E-state index is 0.268. The topological polar surface area (TPSA) is 50.4 Å². The Labute approximate surface area is 127 Å². The summed E-state index contributed by atoms with van der Waals surface area (Å²) in [6.07, 6.45) is 9.06. The van der Waals surface area contributed by atoms with Crippen molar-refractivity contribution in [1.29, 1.82) is 0 Å². The number of ether oxygens (including phenoxy) is 1. The minimum Gasteiger partial charge on any atom is -0.378 e. The molecule has 5 rings (SSSR count). The Hall–Kier alpha value is -0.610. The van der Waals surface area contributed by atoms with Gasteiger partial charge in [0.15, 0.2) is 0 Å². The second-order valence-corrected chi connectivity index (χ2v) is 8.12. The third-order valence-corrected chi connectivity index (χ3v) is 6.24. The van der Waals surface area contributed by atoms with E-state index in [4.69, 9.17) is 4.74 Å². The van der Waals surface area contributed by atoms with Gasteiger partial charge in [-0.1, -0.05) is 0 Å². The third-order valence-electron chi connectivity index (χ3n) is 6.24. The Morgan fingerprint density at radius 2 is 1.81 bits per heavy atom. The van der Waals surface area contributed by atoms with Crippen molar-refractivity contribution in [2.45, 2.75) is 51.0 Å². The molecule has 1 saturated heterocycles.